The minimum absolute atomic E-state index is 0.0516. The maximum absolute atomic E-state index is 11.0. The molecule has 2 atom stereocenters. The van der Waals surface area contributed by atoms with Gasteiger partial charge < -0.3 is 14.8 Å². The molecule has 1 fully saturated rings. The highest BCUT2D eigenvalue weighted by molar-refractivity contribution is 5.70. The molecule has 0 bridgehead atoms. The molecule has 1 aromatic rings. The van der Waals surface area contributed by atoms with Gasteiger partial charge in [-0.15, -0.1) is 0 Å². The number of hydrogen-bond acceptors (Lipinski definition) is 4. The van der Waals surface area contributed by atoms with E-state index in [1.54, 1.807) is 0 Å². The second-order valence-electron chi connectivity index (χ2n) is 5.34. The number of nitrogens with one attached hydrogen (secondary N) is 1. The molecule has 2 N–H and O–H groups in total. The topological polar surface area (TPSA) is 65.7 Å². The highest BCUT2D eigenvalue weighted by Gasteiger charge is 2.31. The van der Waals surface area contributed by atoms with Crippen LogP contribution in [0.2, 0.25) is 0 Å². The van der Waals surface area contributed by atoms with Crippen LogP contribution >= 0.6 is 0 Å². The van der Waals surface area contributed by atoms with Crippen molar-refractivity contribution in [2.45, 2.75) is 32.0 Å². The van der Waals surface area contributed by atoms with Gasteiger partial charge in [-0.25, -0.2) is 0 Å². The number of furan rings is 1. The van der Waals surface area contributed by atoms with Gasteiger partial charge in [0, 0.05) is 12.1 Å². The summed E-state index contributed by atoms with van der Waals surface area (Å²) in [7, 11) is 2.06. The number of aliphatic carboxylic acids is 1. The first-order valence-corrected chi connectivity index (χ1v) is 6.39. The molecule has 0 aromatic carbocycles. The van der Waals surface area contributed by atoms with Crippen LogP contribution in [-0.2, 0) is 17.9 Å². The van der Waals surface area contributed by atoms with Gasteiger partial charge in [0.25, 0.3) is 0 Å². The van der Waals surface area contributed by atoms with Gasteiger partial charge in [0.1, 0.15) is 11.5 Å². The summed E-state index contributed by atoms with van der Waals surface area (Å²) in [6.07, 6.45) is 1.33. The summed E-state index contributed by atoms with van der Waals surface area (Å²) in [6, 6.07) is 2.14. The Balaban J connectivity index is 1.75. The van der Waals surface area contributed by atoms with Crippen molar-refractivity contribution in [2.75, 3.05) is 13.6 Å². The van der Waals surface area contributed by atoms with E-state index < -0.39 is 5.97 Å². The number of carboxylic acids is 1. The van der Waals surface area contributed by atoms with Crippen LogP contribution in [0.15, 0.2) is 10.5 Å². The molecule has 0 aliphatic carbocycles. The van der Waals surface area contributed by atoms with E-state index in [1.807, 2.05) is 0 Å². The summed E-state index contributed by atoms with van der Waals surface area (Å²) < 4.78 is 5.87. The standard InChI is InChI=1S/C13H18N2O3/c1-15-6-9-5-11(18-12(9)7-15)10-4-8(13(16)17)2-3-14-10/h5,8,10,14H,2-4,6-7H2,1H3,(H,16,17). The largest absolute Gasteiger partial charge is 0.481 e. The Morgan fingerprint density at radius 1 is 1.56 bits per heavy atom. The molecular formula is C13H18N2O3. The summed E-state index contributed by atoms with van der Waals surface area (Å²) >= 11 is 0. The normalized spacial score (nSPS) is 28.3. The molecule has 0 amide bonds. The number of nitrogens with zero attached hydrogens (tertiary/aromatic N) is 1. The van der Waals surface area contributed by atoms with Crippen LogP contribution in [0, 0.1) is 5.92 Å². The SMILES string of the molecule is CN1Cc2cc(C3CC(C(=O)O)CCN3)oc2C1. The number of carbonyl (C=O) groups is 1. The van der Waals surface area contributed by atoms with Crippen molar-refractivity contribution in [1.82, 2.24) is 10.2 Å². The monoisotopic (exact) mass is 250 g/mol. The molecule has 2 aliphatic rings. The lowest BCUT2D eigenvalue weighted by Crippen LogP contribution is -2.34. The Bertz CT molecular complexity index is 445. The van der Waals surface area contributed by atoms with E-state index in [2.05, 4.69) is 23.3 Å². The number of piperidine rings is 1. The van der Waals surface area contributed by atoms with Crippen molar-refractivity contribution >= 4 is 5.97 Å². The van der Waals surface area contributed by atoms with Crippen LogP contribution in [0.25, 0.3) is 0 Å². The van der Waals surface area contributed by atoms with Crippen LogP contribution in [0.5, 0.6) is 0 Å². The maximum atomic E-state index is 11.0. The maximum Gasteiger partial charge on any atom is 0.306 e. The van der Waals surface area contributed by atoms with E-state index >= 15 is 0 Å². The number of carboxylic acid groups (broad SMARTS) is 1. The predicted octanol–water partition coefficient (Wildman–Crippen LogP) is 1.35. The molecule has 3 rings (SSSR count). The van der Waals surface area contributed by atoms with Crippen LogP contribution in [0.3, 0.4) is 0 Å². The molecule has 0 radical (unpaired) electrons. The van der Waals surface area contributed by atoms with Crippen molar-refractivity contribution in [2.24, 2.45) is 5.92 Å². The Kier molecular flexibility index (Phi) is 2.87. The van der Waals surface area contributed by atoms with Crippen LogP contribution in [0.4, 0.5) is 0 Å². The first kappa shape index (κ1) is 11.7. The summed E-state index contributed by atoms with van der Waals surface area (Å²) in [5.41, 5.74) is 1.24. The second-order valence-corrected chi connectivity index (χ2v) is 5.34. The van der Waals surface area contributed by atoms with Gasteiger partial charge in [0.15, 0.2) is 0 Å². The minimum atomic E-state index is -0.694. The smallest absolute Gasteiger partial charge is 0.306 e. The fourth-order valence-electron chi connectivity index (χ4n) is 2.88. The highest BCUT2D eigenvalue weighted by Crippen LogP contribution is 2.33. The minimum Gasteiger partial charge on any atom is -0.481 e. The van der Waals surface area contributed by atoms with E-state index in [9.17, 15) is 4.79 Å². The number of fused-ring (bicyclic) bond motifs is 1. The Morgan fingerprint density at radius 3 is 3.11 bits per heavy atom. The van der Waals surface area contributed by atoms with E-state index in [1.165, 1.54) is 5.56 Å². The number of rotatable bonds is 2. The first-order valence-electron chi connectivity index (χ1n) is 6.39. The Labute approximate surface area is 106 Å². The average molecular weight is 250 g/mol. The van der Waals surface area contributed by atoms with Crippen LogP contribution in [-0.4, -0.2) is 29.6 Å². The predicted molar refractivity (Wildman–Crippen MR) is 65.0 cm³/mol. The summed E-state index contributed by atoms with van der Waals surface area (Å²) in [6.45, 7) is 2.52. The fraction of sp³-hybridized carbons (Fsp3) is 0.615. The van der Waals surface area contributed by atoms with Gasteiger partial charge in [0.05, 0.1) is 18.5 Å². The van der Waals surface area contributed by atoms with Gasteiger partial charge >= 0.3 is 5.97 Å². The molecule has 5 heteroatoms. The summed E-state index contributed by atoms with van der Waals surface area (Å²) in [5.74, 6) is 0.991. The third-order valence-corrected chi connectivity index (χ3v) is 3.87. The van der Waals surface area contributed by atoms with Gasteiger partial charge in [-0.1, -0.05) is 0 Å². The fourth-order valence-corrected chi connectivity index (χ4v) is 2.88. The molecule has 98 valence electrons. The third kappa shape index (κ3) is 2.04. The molecule has 18 heavy (non-hydrogen) atoms. The van der Waals surface area contributed by atoms with Crippen molar-refractivity contribution in [3.8, 4) is 0 Å². The van der Waals surface area contributed by atoms with Crippen molar-refractivity contribution < 1.29 is 14.3 Å². The molecule has 3 heterocycles. The van der Waals surface area contributed by atoms with Crippen molar-refractivity contribution in [1.29, 1.82) is 0 Å². The molecule has 1 saturated heterocycles. The zero-order chi connectivity index (χ0) is 12.7. The van der Waals surface area contributed by atoms with Gasteiger partial charge in [-0.05, 0) is 32.5 Å². The molecule has 5 nitrogen and oxygen atoms in total. The Morgan fingerprint density at radius 2 is 2.39 bits per heavy atom. The molecule has 0 spiro atoms. The van der Waals surface area contributed by atoms with Gasteiger partial charge in [-0.3, -0.25) is 9.69 Å². The third-order valence-electron chi connectivity index (χ3n) is 3.87. The van der Waals surface area contributed by atoms with Crippen LogP contribution < -0.4 is 5.32 Å². The van der Waals surface area contributed by atoms with Crippen molar-refractivity contribution in [3.05, 3.63) is 23.2 Å². The molecule has 1 aromatic heterocycles. The van der Waals surface area contributed by atoms with Crippen LogP contribution in [0.1, 0.15) is 36.0 Å². The van der Waals surface area contributed by atoms with E-state index in [4.69, 9.17) is 9.52 Å². The lowest BCUT2D eigenvalue weighted by Gasteiger charge is -2.26. The zero-order valence-corrected chi connectivity index (χ0v) is 10.5. The van der Waals surface area contributed by atoms with E-state index in [0.717, 1.165) is 31.2 Å². The lowest BCUT2D eigenvalue weighted by molar-refractivity contribution is -0.143. The average Bonchev–Trinajstić information content (AvgIpc) is 2.86. The van der Waals surface area contributed by atoms with E-state index in [0.29, 0.717) is 12.8 Å². The van der Waals surface area contributed by atoms with E-state index in [-0.39, 0.29) is 12.0 Å². The Hall–Kier alpha value is -1.33. The van der Waals surface area contributed by atoms with Crippen molar-refractivity contribution in [3.63, 3.8) is 0 Å². The summed E-state index contributed by atoms with van der Waals surface area (Å²) in [4.78, 5) is 13.2. The quantitative estimate of drug-likeness (QED) is 0.829. The molecule has 2 aliphatic heterocycles. The highest BCUT2D eigenvalue weighted by atomic mass is 16.4. The second kappa shape index (κ2) is 4.40. The van der Waals surface area contributed by atoms with Gasteiger partial charge in [0.2, 0.25) is 0 Å². The first-order chi connectivity index (χ1) is 8.63. The van der Waals surface area contributed by atoms with Gasteiger partial charge in [-0.2, -0.15) is 0 Å². The molecule has 0 saturated carbocycles. The molecule has 2 unspecified atom stereocenters. The lowest BCUT2D eigenvalue weighted by atomic mass is 9.91. The number of hydrogen-bond donors (Lipinski definition) is 2. The molecular weight excluding hydrogens is 232 g/mol. The summed E-state index contributed by atoms with van der Waals surface area (Å²) in [5, 5.41) is 12.4. The zero-order valence-electron chi connectivity index (χ0n) is 10.5.